The molecule has 0 fully saturated rings. The first kappa shape index (κ1) is 25.5. The number of para-hydroxylation sites is 2. The standard InChI is InChI=1S/C24H34N2O5S/c1-23(2,3)17-24(4,5)25-22(27)16-26(20-10-8-9-11-21(20)31-7)32(28,29)19-14-12-18(30-6)13-15-19/h8-15H,16-17H2,1-7H3,(H,25,27). The van der Waals surface area contributed by atoms with Crippen molar-refractivity contribution >= 4 is 21.6 Å². The van der Waals surface area contributed by atoms with E-state index in [4.69, 9.17) is 9.47 Å². The Balaban J connectivity index is 2.44. The van der Waals surface area contributed by atoms with E-state index < -0.39 is 21.5 Å². The average Bonchev–Trinajstić information content (AvgIpc) is 2.69. The van der Waals surface area contributed by atoms with E-state index in [1.807, 2.05) is 13.8 Å². The molecule has 7 nitrogen and oxygen atoms in total. The third-order valence-electron chi connectivity index (χ3n) is 4.74. The van der Waals surface area contributed by atoms with Crippen molar-refractivity contribution in [3.63, 3.8) is 0 Å². The molecule has 2 rings (SSSR count). The van der Waals surface area contributed by atoms with Gasteiger partial charge in [0.2, 0.25) is 5.91 Å². The lowest BCUT2D eigenvalue weighted by Gasteiger charge is -2.34. The Labute approximate surface area is 191 Å². The normalized spacial score (nSPS) is 12.2. The first-order valence-electron chi connectivity index (χ1n) is 10.4. The van der Waals surface area contributed by atoms with Crippen molar-refractivity contribution in [1.82, 2.24) is 5.32 Å². The predicted octanol–water partition coefficient (Wildman–Crippen LogP) is 4.23. The Morgan fingerprint density at radius 2 is 1.53 bits per heavy atom. The van der Waals surface area contributed by atoms with E-state index in [0.29, 0.717) is 11.5 Å². The number of amides is 1. The van der Waals surface area contributed by atoms with Crippen molar-refractivity contribution in [1.29, 1.82) is 0 Å². The van der Waals surface area contributed by atoms with E-state index in [-0.39, 0.29) is 22.5 Å². The summed E-state index contributed by atoms with van der Waals surface area (Å²) in [6.07, 6.45) is 0.728. The van der Waals surface area contributed by atoms with Gasteiger partial charge in [0.15, 0.2) is 0 Å². The molecule has 0 bridgehead atoms. The number of hydrogen-bond donors (Lipinski definition) is 1. The number of sulfonamides is 1. The van der Waals surface area contributed by atoms with Crippen LogP contribution in [-0.2, 0) is 14.8 Å². The van der Waals surface area contributed by atoms with Gasteiger partial charge in [0.1, 0.15) is 18.0 Å². The molecule has 0 heterocycles. The van der Waals surface area contributed by atoms with E-state index in [0.717, 1.165) is 10.7 Å². The van der Waals surface area contributed by atoms with E-state index in [2.05, 4.69) is 26.1 Å². The van der Waals surface area contributed by atoms with E-state index in [1.165, 1.54) is 26.4 Å². The summed E-state index contributed by atoms with van der Waals surface area (Å²) < 4.78 is 38.8. The molecule has 0 spiro atoms. The molecule has 8 heteroatoms. The molecule has 0 atom stereocenters. The summed E-state index contributed by atoms with van der Waals surface area (Å²) in [6.45, 7) is 9.76. The number of anilines is 1. The van der Waals surface area contributed by atoms with Crippen LogP contribution < -0.4 is 19.1 Å². The number of carbonyl (C=O) groups is 1. The molecule has 0 unspecified atom stereocenters. The smallest absolute Gasteiger partial charge is 0.264 e. The summed E-state index contributed by atoms with van der Waals surface area (Å²) >= 11 is 0. The van der Waals surface area contributed by atoms with Gasteiger partial charge >= 0.3 is 0 Å². The Kier molecular flexibility index (Phi) is 7.83. The SMILES string of the molecule is COc1ccc(S(=O)(=O)N(CC(=O)NC(C)(C)CC(C)(C)C)c2ccccc2OC)cc1. The van der Waals surface area contributed by atoms with Crippen molar-refractivity contribution in [3.05, 3.63) is 48.5 Å². The second kappa shape index (κ2) is 9.81. The third-order valence-corrected chi connectivity index (χ3v) is 6.51. The maximum Gasteiger partial charge on any atom is 0.264 e. The van der Waals surface area contributed by atoms with Crippen LogP contribution in [0.4, 0.5) is 5.69 Å². The van der Waals surface area contributed by atoms with Gasteiger partial charge in [-0.3, -0.25) is 9.10 Å². The molecule has 2 aromatic carbocycles. The predicted molar refractivity (Wildman–Crippen MR) is 127 cm³/mol. The van der Waals surface area contributed by atoms with Gasteiger partial charge < -0.3 is 14.8 Å². The fraction of sp³-hybridized carbons (Fsp3) is 0.458. The van der Waals surface area contributed by atoms with Crippen LogP contribution >= 0.6 is 0 Å². The first-order chi connectivity index (χ1) is 14.8. The average molecular weight is 463 g/mol. The Bertz CT molecular complexity index is 1030. The summed E-state index contributed by atoms with van der Waals surface area (Å²) in [5.74, 6) is 0.489. The molecule has 0 aliphatic rings. The molecule has 0 aliphatic heterocycles. The van der Waals surface area contributed by atoms with Gasteiger partial charge in [-0.1, -0.05) is 32.9 Å². The lowest BCUT2D eigenvalue weighted by Crippen LogP contribution is -2.50. The fourth-order valence-electron chi connectivity index (χ4n) is 3.93. The highest BCUT2D eigenvalue weighted by Gasteiger charge is 2.32. The number of benzene rings is 2. The topological polar surface area (TPSA) is 84.9 Å². The number of hydrogen-bond acceptors (Lipinski definition) is 5. The number of carbonyl (C=O) groups excluding carboxylic acids is 1. The lowest BCUT2D eigenvalue weighted by atomic mass is 9.82. The second-order valence-corrected chi connectivity index (χ2v) is 11.4. The van der Waals surface area contributed by atoms with Crippen LogP contribution in [0.3, 0.4) is 0 Å². The highest BCUT2D eigenvalue weighted by molar-refractivity contribution is 7.92. The van der Waals surface area contributed by atoms with Gasteiger partial charge in [0.05, 0.1) is 24.8 Å². The highest BCUT2D eigenvalue weighted by atomic mass is 32.2. The van der Waals surface area contributed by atoms with Gasteiger partial charge in [-0.2, -0.15) is 0 Å². The zero-order valence-corrected chi connectivity index (χ0v) is 20.7. The summed E-state index contributed by atoms with van der Waals surface area (Å²) in [4.78, 5) is 13.1. The maximum atomic E-state index is 13.6. The molecule has 32 heavy (non-hydrogen) atoms. The van der Waals surface area contributed by atoms with E-state index in [9.17, 15) is 13.2 Å². The molecule has 0 saturated heterocycles. The molecule has 0 aromatic heterocycles. The third kappa shape index (κ3) is 6.63. The molecule has 2 aromatic rings. The van der Waals surface area contributed by atoms with E-state index in [1.54, 1.807) is 36.4 Å². The number of nitrogens with zero attached hydrogens (tertiary/aromatic N) is 1. The number of methoxy groups -OCH3 is 2. The van der Waals surface area contributed by atoms with Crippen LogP contribution in [0.1, 0.15) is 41.0 Å². The Hall–Kier alpha value is -2.74. The molecule has 1 N–H and O–H groups in total. The minimum Gasteiger partial charge on any atom is -0.497 e. The number of rotatable bonds is 9. The van der Waals surface area contributed by atoms with Crippen LogP contribution in [0.25, 0.3) is 0 Å². The van der Waals surface area contributed by atoms with Crippen molar-refractivity contribution in [3.8, 4) is 11.5 Å². The van der Waals surface area contributed by atoms with Gasteiger partial charge in [-0.05, 0) is 62.1 Å². The number of ether oxygens (including phenoxy) is 2. The van der Waals surface area contributed by atoms with Crippen molar-refractivity contribution in [2.45, 2.75) is 51.5 Å². The molecule has 0 aliphatic carbocycles. The maximum absolute atomic E-state index is 13.6. The summed E-state index contributed by atoms with van der Waals surface area (Å²) in [5.41, 5.74) is -0.227. The van der Waals surface area contributed by atoms with Crippen molar-refractivity contribution in [2.24, 2.45) is 5.41 Å². The van der Waals surface area contributed by atoms with Gasteiger partial charge in [0.25, 0.3) is 10.0 Å². The van der Waals surface area contributed by atoms with Crippen LogP contribution in [0.2, 0.25) is 0 Å². The molecule has 0 radical (unpaired) electrons. The quantitative estimate of drug-likeness (QED) is 0.603. The number of nitrogens with one attached hydrogen (secondary N) is 1. The van der Waals surface area contributed by atoms with Gasteiger partial charge in [0, 0.05) is 5.54 Å². The minimum atomic E-state index is -4.06. The monoisotopic (exact) mass is 462 g/mol. The van der Waals surface area contributed by atoms with Crippen LogP contribution in [0.15, 0.2) is 53.4 Å². The molecule has 1 amide bonds. The largest absolute Gasteiger partial charge is 0.497 e. The minimum absolute atomic E-state index is 0.00567. The van der Waals surface area contributed by atoms with Crippen LogP contribution in [0.5, 0.6) is 11.5 Å². The Morgan fingerprint density at radius 1 is 0.938 bits per heavy atom. The summed E-state index contributed by atoms with van der Waals surface area (Å²) in [7, 11) is -1.09. The molecular formula is C24H34N2O5S. The van der Waals surface area contributed by atoms with Crippen molar-refractivity contribution < 1.29 is 22.7 Å². The first-order valence-corrected chi connectivity index (χ1v) is 11.8. The van der Waals surface area contributed by atoms with E-state index >= 15 is 0 Å². The second-order valence-electron chi connectivity index (χ2n) is 9.53. The van der Waals surface area contributed by atoms with Crippen molar-refractivity contribution in [2.75, 3.05) is 25.1 Å². The summed E-state index contributed by atoms with van der Waals surface area (Å²) in [5, 5.41) is 2.99. The lowest BCUT2D eigenvalue weighted by molar-refractivity contribution is -0.121. The fourth-order valence-corrected chi connectivity index (χ4v) is 5.36. The van der Waals surface area contributed by atoms with Gasteiger partial charge in [-0.25, -0.2) is 8.42 Å². The highest BCUT2D eigenvalue weighted by Crippen LogP contribution is 2.33. The van der Waals surface area contributed by atoms with Gasteiger partial charge in [-0.15, -0.1) is 0 Å². The Morgan fingerprint density at radius 3 is 2.06 bits per heavy atom. The molecule has 0 saturated carbocycles. The van der Waals surface area contributed by atoms with Crippen LogP contribution in [-0.4, -0.2) is 40.6 Å². The zero-order valence-electron chi connectivity index (χ0n) is 19.9. The summed E-state index contributed by atoms with van der Waals surface area (Å²) in [6, 6.07) is 12.8. The molecular weight excluding hydrogens is 428 g/mol. The molecule has 176 valence electrons. The zero-order chi connectivity index (χ0) is 24.2. The van der Waals surface area contributed by atoms with Crippen LogP contribution in [0, 0.1) is 5.41 Å².